The number of allylic oxidation sites excluding steroid dienone is 4. The van der Waals surface area contributed by atoms with Gasteiger partial charge >= 0.3 is 0 Å². The van der Waals surface area contributed by atoms with Gasteiger partial charge in [0.1, 0.15) is 0 Å². The highest BCUT2D eigenvalue weighted by Crippen LogP contribution is 2.68. The smallest absolute Gasteiger partial charge is 0.0649 e. The molecule has 4 rings (SSSR count). The first-order chi connectivity index (χ1) is 15.0. The van der Waals surface area contributed by atoms with Gasteiger partial charge in [-0.1, -0.05) is 50.5 Å². The Morgan fingerprint density at radius 1 is 1.12 bits per heavy atom. The second-order valence-corrected chi connectivity index (χ2v) is 12.7. The van der Waals surface area contributed by atoms with E-state index in [0.29, 0.717) is 17.8 Å². The van der Waals surface area contributed by atoms with Crippen LogP contribution in [0.4, 0.5) is 0 Å². The van der Waals surface area contributed by atoms with Crippen LogP contribution in [-0.4, -0.2) is 17.2 Å². The van der Waals surface area contributed by atoms with E-state index in [4.69, 9.17) is 0 Å². The zero-order valence-corrected chi connectivity index (χ0v) is 21.3. The van der Waals surface area contributed by atoms with Crippen LogP contribution >= 0.6 is 0 Å². The van der Waals surface area contributed by atoms with E-state index in [0.717, 1.165) is 37.5 Å². The third-order valence-electron chi connectivity index (χ3n) is 10.9. The minimum Gasteiger partial charge on any atom is -0.549 e. The minimum absolute atomic E-state index is 0.0212. The predicted molar refractivity (Wildman–Crippen MR) is 128 cm³/mol. The number of rotatable bonds is 5. The Morgan fingerprint density at radius 3 is 2.50 bits per heavy atom. The Hall–Kier alpha value is -1.09. The van der Waals surface area contributed by atoms with E-state index >= 15 is 0 Å². The Kier molecular flexibility index (Phi) is 6.23. The summed E-state index contributed by atoms with van der Waals surface area (Å²) in [5.74, 6) is 1.13. The maximum atomic E-state index is 12.2. The number of carboxylic acid groups (broad SMARTS) is 1. The third kappa shape index (κ3) is 3.44. The lowest BCUT2D eigenvalue weighted by molar-refractivity contribution is -0.331. The van der Waals surface area contributed by atoms with Gasteiger partial charge in [0.05, 0.1) is 12.1 Å². The van der Waals surface area contributed by atoms with Crippen LogP contribution in [0.2, 0.25) is 0 Å². The lowest BCUT2D eigenvalue weighted by Gasteiger charge is -2.60. The first-order valence-corrected chi connectivity index (χ1v) is 13.2. The van der Waals surface area contributed by atoms with Gasteiger partial charge in [0.2, 0.25) is 0 Å². The van der Waals surface area contributed by atoms with E-state index in [1.54, 1.807) is 18.1 Å². The number of fused-ring (bicyclic) bond motifs is 4. The van der Waals surface area contributed by atoms with E-state index < -0.39 is 17.5 Å². The Balaban J connectivity index is 1.62. The number of aliphatic carboxylic acids is 1. The molecule has 32 heavy (non-hydrogen) atoms. The number of carbonyl (C=O) groups is 1. The zero-order valence-electron chi connectivity index (χ0n) is 21.3. The van der Waals surface area contributed by atoms with Crippen molar-refractivity contribution in [3.8, 4) is 0 Å². The lowest BCUT2D eigenvalue weighted by atomic mass is 9.45. The van der Waals surface area contributed by atoms with E-state index in [9.17, 15) is 15.0 Å². The largest absolute Gasteiger partial charge is 0.549 e. The summed E-state index contributed by atoms with van der Waals surface area (Å²) in [6.07, 6.45) is 12.4. The average Bonchev–Trinajstić information content (AvgIpc) is 3.08. The van der Waals surface area contributed by atoms with Crippen molar-refractivity contribution < 1.29 is 15.0 Å². The summed E-state index contributed by atoms with van der Waals surface area (Å²) >= 11 is 0. The number of aliphatic hydroxyl groups is 1. The number of carbonyl (C=O) groups excluding carboxylic acids is 1. The van der Waals surface area contributed by atoms with E-state index in [1.807, 2.05) is 0 Å². The molecule has 0 aliphatic heterocycles. The number of aliphatic hydroxyl groups excluding tert-OH is 1. The van der Waals surface area contributed by atoms with Crippen LogP contribution in [0.3, 0.4) is 0 Å². The highest BCUT2D eigenvalue weighted by molar-refractivity contribution is 5.74. The molecule has 0 aromatic heterocycles. The Labute approximate surface area is 195 Å². The van der Waals surface area contributed by atoms with Crippen LogP contribution in [0.5, 0.6) is 0 Å². The molecule has 1 N–H and O–H groups in total. The number of hydrogen-bond donors (Lipinski definition) is 1. The molecule has 0 aromatic carbocycles. The van der Waals surface area contributed by atoms with E-state index in [1.165, 1.54) is 37.7 Å². The molecule has 0 bridgehead atoms. The zero-order chi connectivity index (χ0) is 23.5. The molecule has 4 aliphatic carbocycles. The van der Waals surface area contributed by atoms with Crippen molar-refractivity contribution in [1.29, 1.82) is 0 Å². The fraction of sp³-hybridized carbons (Fsp3) is 0.828. The molecular weight excluding hydrogens is 396 g/mol. The van der Waals surface area contributed by atoms with E-state index in [2.05, 4.69) is 40.7 Å². The molecule has 1 unspecified atom stereocenters. The fourth-order valence-electron chi connectivity index (χ4n) is 9.07. The Bertz CT molecular complexity index is 820. The molecule has 0 amide bonds. The maximum absolute atomic E-state index is 12.2. The molecule has 0 heterocycles. The SMILES string of the molecule is CC(C)=CCC[C@@H](C)[C@@H]1CCC2C3=C(CC[C@@]21C)[C@@]1(C)CC[C@H](O)[C@@](C)(C(=O)[O-])[C@@H]1CC3. The molecule has 8 atom stereocenters. The van der Waals surface area contributed by atoms with Crippen molar-refractivity contribution >= 4 is 5.97 Å². The van der Waals surface area contributed by atoms with Crippen LogP contribution in [0.15, 0.2) is 22.8 Å². The summed E-state index contributed by atoms with van der Waals surface area (Å²) < 4.78 is 0. The average molecular weight is 442 g/mol. The van der Waals surface area contributed by atoms with Crippen LogP contribution in [0, 0.1) is 39.9 Å². The highest BCUT2D eigenvalue weighted by Gasteiger charge is 2.60. The summed E-state index contributed by atoms with van der Waals surface area (Å²) in [7, 11) is 0. The summed E-state index contributed by atoms with van der Waals surface area (Å²) in [4.78, 5) is 12.2. The summed E-state index contributed by atoms with van der Waals surface area (Å²) in [5.41, 5.74) is 3.84. The second kappa shape index (κ2) is 8.29. The summed E-state index contributed by atoms with van der Waals surface area (Å²) in [6, 6.07) is 0. The molecule has 0 spiro atoms. The number of carboxylic acids is 1. The van der Waals surface area contributed by atoms with Crippen molar-refractivity contribution in [2.24, 2.45) is 39.9 Å². The van der Waals surface area contributed by atoms with Gasteiger partial charge < -0.3 is 15.0 Å². The second-order valence-electron chi connectivity index (χ2n) is 12.7. The first-order valence-electron chi connectivity index (χ1n) is 13.2. The van der Waals surface area contributed by atoms with E-state index in [-0.39, 0.29) is 11.3 Å². The first kappa shape index (κ1) is 24.0. The Morgan fingerprint density at radius 2 is 1.84 bits per heavy atom. The van der Waals surface area contributed by atoms with Gasteiger partial charge in [0, 0.05) is 5.41 Å². The van der Waals surface area contributed by atoms with Crippen molar-refractivity contribution in [3.63, 3.8) is 0 Å². The molecule has 0 radical (unpaired) electrons. The predicted octanol–water partition coefficient (Wildman–Crippen LogP) is 5.82. The van der Waals surface area contributed by atoms with Gasteiger partial charge in [-0.05, 0) is 113 Å². The molecule has 0 saturated heterocycles. The van der Waals surface area contributed by atoms with Crippen molar-refractivity contribution in [1.82, 2.24) is 0 Å². The van der Waals surface area contributed by atoms with Crippen LogP contribution in [0.1, 0.15) is 106 Å². The monoisotopic (exact) mass is 441 g/mol. The van der Waals surface area contributed by atoms with Crippen LogP contribution in [0.25, 0.3) is 0 Å². The minimum atomic E-state index is -1.13. The van der Waals surface area contributed by atoms with Crippen LogP contribution < -0.4 is 5.11 Å². The van der Waals surface area contributed by atoms with Crippen molar-refractivity contribution in [3.05, 3.63) is 22.8 Å². The van der Waals surface area contributed by atoms with Crippen molar-refractivity contribution in [2.45, 2.75) is 112 Å². The van der Waals surface area contributed by atoms with Gasteiger partial charge in [-0.2, -0.15) is 0 Å². The third-order valence-corrected chi connectivity index (χ3v) is 10.9. The van der Waals surface area contributed by atoms with Crippen LogP contribution in [-0.2, 0) is 4.79 Å². The number of hydrogen-bond acceptors (Lipinski definition) is 3. The molecular formula is C29H45O3-. The summed E-state index contributed by atoms with van der Waals surface area (Å²) in [6.45, 7) is 13.5. The summed E-state index contributed by atoms with van der Waals surface area (Å²) in [5, 5.41) is 22.9. The highest BCUT2D eigenvalue weighted by atomic mass is 16.4. The van der Waals surface area contributed by atoms with Gasteiger partial charge in [-0.3, -0.25) is 0 Å². The molecule has 3 heteroatoms. The van der Waals surface area contributed by atoms with Gasteiger partial charge in [-0.25, -0.2) is 0 Å². The topological polar surface area (TPSA) is 60.4 Å². The standard InChI is InChI=1S/C29H46O3/c1-18(2)8-7-9-19(3)21-11-12-22-20-10-13-24-28(5,23(20)14-16-27(21,22)4)17-15-25(30)29(24,6)26(31)32/h8,19,21-22,24-25,30H,7,9-17H2,1-6H3,(H,31,32)/p-1/t19-,21+,22?,24-,25+,27-,28-,29+/m1/s1. The van der Waals surface area contributed by atoms with Gasteiger partial charge in [-0.15, -0.1) is 0 Å². The fourth-order valence-corrected chi connectivity index (χ4v) is 9.07. The quantitative estimate of drug-likeness (QED) is 0.547. The molecule has 2 fully saturated rings. The van der Waals surface area contributed by atoms with Crippen molar-refractivity contribution in [2.75, 3.05) is 0 Å². The molecule has 3 nitrogen and oxygen atoms in total. The van der Waals surface area contributed by atoms with Gasteiger partial charge in [0.25, 0.3) is 0 Å². The normalized spacial score (nSPS) is 44.3. The maximum Gasteiger partial charge on any atom is 0.0649 e. The lowest BCUT2D eigenvalue weighted by Crippen LogP contribution is -2.61. The molecule has 2 saturated carbocycles. The molecule has 4 aliphatic rings. The van der Waals surface area contributed by atoms with Gasteiger partial charge in [0.15, 0.2) is 0 Å². The molecule has 0 aromatic rings. The molecule has 180 valence electrons.